The van der Waals surface area contributed by atoms with E-state index in [0.717, 1.165) is 23.0 Å². The summed E-state index contributed by atoms with van der Waals surface area (Å²) in [6.45, 7) is 6.25. The number of halogens is 1. The molecule has 1 aromatic carbocycles. The molecule has 8 heteroatoms. The summed E-state index contributed by atoms with van der Waals surface area (Å²) < 4.78 is 5.37. The molecule has 0 spiro atoms. The molecule has 162 valence electrons. The highest BCUT2D eigenvalue weighted by Gasteiger charge is 2.41. The second-order valence-corrected chi connectivity index (χ2v) is 9.03. The second kappa shape index (κ2) is 9.32. The van der Waals surface area contributed by atoms with Crippen LogP contribution >= 0.6 is 23.4 Å². The topological polar surface area (TPSA) is 71.0 Å². The molecule has 1 N–H and O–H groups in total. The molecule has 2 heterocycles. The molecule has 1 aliphatic carbocycles. The number of fused-ring (bicyclic) bond motifs is 1. The summed E-state index contributed by atoms with van der Waals surface area (Å²) in [4.78, 5) is 32.1. The van der Waals surface area contributed by atoms with Crippen LogP contribution in [0.3, 0.4) is 0 Å². The van der Waals surface area contributed by atoms with E-state index in [0.29, 0.717) is 22.2 Å². The zero-order chi connectivity index (χ0) is 22.0. The maximum Gasteiger partial charge on any atom is 0.338 e. The van der Waals surface area contributed by atoms with Gasteiger partial charge in [-0.15, -0.1) is 0 Å². The van der Waals surface area contributed by atoms with Crippen molar-refractivity contribution in [2.45, 2.75) is 32.2 Å². The van der Waals surface area contributed by atoms with E-state index in [1.165, 1.54) is 30.7 Å². The fourth-order valence-electron chi connectivity index (χ4n) is 3.61. The molecule has 31 heavy (non-hydrogen) atoms. The summed E-state index contributed by atoms with van der Waals surface area (Å²) in [6.07, 6.45) is 4.11. The molecule has 1 amide bonds. The van der Waals surface area contributed by atoms with Crippen molar-refractivity contribution < 1.29 is 14.3 Å². The predicted molar refractivity (Wildman–Crippen MR) is 123 cm³/mol. The highest BCUT2D eigenvalue weighted by molar-refractivity contribution is 8.16. The average molecular weight is 458 g/mol. The Morgan fingerprint density at radius 1 is 1.35 bits per heavy atom. The number of amidine groups is 1. The molecular formula is C23H24ClN3O3S. The fraction of sp³-hybridized carbons (Fsp3) is 0.348. The summed E-state index contributed by atoms with van der Waals surface area (Å²) in [7, 11) is 0. The molecule has 0 saturated heterocycles. The van der Waals surface area contributed by atoms with E-state index in [9.17, 15) is 9.59 Å². The van der Waals surface area contributed by atoms with Gasteiger partial charge in [-0.2, -0.15) is 0 Å². The number of benzene rings is 1. The smallest absolute Gasteiger partial charge is 0.338 e. The Balaban J connectivity index is 1.65. The Morgan fingerprint density at radius 3 is 2.77 bits per heavy atom. The largest absolute Gasteiger partial charge is 0.458 e. The number of ether oxygens (including phenoxy) is 1. The minimum atomic E-state index is -0.459. The summed E-state index contributed by atoms with van der Waals surface area (Å²) in [5, 5.41) is 6.29. The number of carbonyl (C=O) groups is 2. The van der Waals surface area contributed by atoms with E-state index in [4.69, 9.17) is 16.3 Å². The van der Waals surface area contributed by atoms with E-state index in [1.54, 1.807) is 19.1 Å². The van der Waals surface area contributed by atoms with Crippen LogP contribution in [-0.2, 0) is 14.3 Å². The van der Waals surface area contributed by atoms with Crippen molar-refractivity contribution in [3.05, 3.63) is 69.9 Å². The Bertz CT molecular complexity index is 996. The molecular weight excluding hydrogens is 434 g/mol. The monoisotopic (exact) mass is 457 g/mol. The van der Waals surface area contributed by atoms with Gasteiger partial charge < -0.3 is 15.0 Å². The molecule has 0 bridgehead atoms. The van der Waals surface area contributed by atoms with Gasteiger partial charge in [-0.1, -0.05) is 48.2 Å². The van der Waals surface area contributed by atoms with Crippen LogP contribution in [0.15, 0.2) is 64.3 Å². The van der Waals surface area contributed by atoms with Gasteiger partial charge in [0.1, 0.15) is 6.61 Å². The number of amides is 1. The number of aliphatic imine (C=N–C) groups is 1. The minimum Gasteiger partial charge on any atom is -0.458 e. The lowest BCUT2D eigenvalue weighted by Crippen LogP contribution is -2.38. The number of carbonyl (C=O) groups excluding carboxylic acids is 2. The van der Waals surface area contributed by atoms with Gasteiger partial charge in [0.2, 0.25) is 5.91 Å². The standard InChI is InChI=1S/C23H24ClN3O3S/c1-3-10-30-22(29)20-14(2)26-23-27(21(20)16-6-8-17(24)9-7-16)18(13-31-23)11-19(28)25-12-15-4-5-15/h3,6-9,13,15,21H,1,4-5,10-12H2,2H3,(H,25,28). The highest BCUT2D eigenvalue weighted by atomic mass is 35.5. The first kappa shape index (κ1) is 21.7. The quantitative estimate of drug-likeness (QED) is 0.457. The SMILES string of the molecule is C=CCOC(=O)C1=C(C)N=C2SC=C(CC(=O)NCC3CC3)N2C1c1ccc(Cl)cc1. The van der Waals surface area contributed by atoms with Crippen LogP contribution in [0.25, 0.3) is 0 Å². The van der Waals surface area contributed by atoms with Crippen LogP contribution < -0.4 is 5.32 Å². The molecule has 0 aromatic heterocycles. The van der Waals surface area contributed by atoms with Gasteiger partial charge in [0.25, 0.3) is 0 Å². The van der Waals surface area contributed by atoms with Crippen LogP contribution in [0.2, 0.25) is 5.02 Å². The number of hydrogen-bond donors (Lipinski definition) is 1. The van der Waals surface area contributed by atoms with Gasteiger partial charge in [-0.3, -0.25) is 4.79 Å². The van der Waals surface area contributed by atoms with Gasteiger partial charge >= 0.3 is 5.97 Å². The summed E-state index contributed by atoms with van der Waals surface area (Å²) in [5.74, 6) is 0.133. The molecule has 4 rings (SSSR count). The molecule has 6 nitrogen and oxygen atoms in total. The number of rotatable bonds is 8. The van der Waals surface area contributed by atoms with Crippen molar-refractivity contribution in [1.82, 2.24) is 10.2 Å². The van der Waals surface area contributed by atoms with Gasteiger partial charge in [-0.25, -0.2) is 9.79 Å². The summed E-state index contributed by atoms with van der Waals surface area (Å²) >= 11 is 7.56. The lowest BCUT2D eigenvalue weighted by atomic mass is 9.94. The molecule has 1 atom stereocenters. The predicted octanol–water partition coefficient (Wildman–Crippen LogP) is 4.56. The van der Waals surface area contributed by atoms with Crippen molar-refractivity contribution in [1.29, 1.82) is 0 Å². The van der Waals surface area contributed by atoms with Crippen molar-refractivity contribution >= 4 is 40.4 Å². The van der Waals surface area contributed by atoms with E-state index in [1.807, 2.05) is 22.4 Å². The number of thioether (sulfide) groups is 1. The van der Waals surface area contributed by atoms with Crippen LogP contribution in [0, 0.1) is 5.92 Å². The number of nitrogens with one attached hydrogen (secondary N) is 1. The Hall–Kier alpha value is -2.51. The van der Waals surface area contributed by atoms with Crippen LogP contribution in [-0.4, -0.2) is 35.1 Å². The van der Waals surface area contributed by atoms with Crippen LogP contribution in [0.5, 0.6) is 0 Å². The fourth-order valence-corrected chi connectivity index (χ4v) is 4.70. The second-order valence-electron chi connectivity index (χ2n) is 7.76. The molecule has 1 aromatic rings. The van der Waals surface area contributed by atoms with Crippen molar-refractivity contribution in [3.63, 3.8) is 0 Å². The summed E-state index contributed by atoms with van der Waals surface area (Å²) in [5.41, 5.74) is 2.72. The first-order valence-corrected chi connectivity index (χ1v) is 11.5. The van der Waals surface area contributed by atoms with Gasteiger partial charge in [0.05, 0.1) is 23.7 Å². The van der Waals surface area contributed by atoms with Gasteiger partial charge in [-0.05, 0) is 48.8 Å². The molecule has 1 fully saturated rings. The van der Waals surface area contributed by atoms with Crippen molar-refractivity contribution in [2.75, 3.05) is 13.2 Å². The Morgan fingerprint density at radius 2 is 2.10 bits per heavy atom. The third-order valence-corrected chi connectivity index (χ3v) is 6.51. The lowest BCUT2D eigenvalue weighted by Gasteiger charge is -2.36. The number of allylic oxidation sites excluding steroid dienone is 1. The molecule has 3 aliphatic rings. The van der Waals surface area contributed by atoms with E-state index >= 15 is 0 Å². The van der Waals surface area contributed by atoms with Crippen LogP contribution in [0.4, 0.5) is 0 Å². The first-order valence-electron chi connectivity index (χ1n) is 10.2. The minimum absolute atomic E-state index is 0.0306. The zero-order valence-electron chi connectivity index (χ0n) is 17.3. The van der Waals surface area contributed by atoms with Gasteiger partial charge in [0, 0.05) is 17.3 Å². The number of esters is 1. The van der Waals surface area contributed by atoms with E-state index in [2.05, 4.69) is 16.9 Å². The normalized spacial score (nSPS) is 20.1. The maximum atomic E-state index is 13.0. The first-order chi connectivity index (χ1) is 15.0. The summed E-state index contributed by atoms with van der Waals surface area (Å²) in [6, 6.07) is 6.90. The van der Waals surface area contributed by atoms with E-state index < -0.39 is 12.0 Å². The number of nitrogens with zero attached hydrogens (tertiary/aromatic N) is 2. The highest BCUT2D eigenvalue weighted by Crippen LogP contribution is 2.45. The maximum absolute atomic E-state index is 13.0. The molecule has 1 saturated carbocycles. The number of hydrogen-bond acceptors (Lipinski definition) is 6. The Kier molecular flexibility index (Phi) is 6.53. The van der Waals surface area contributed by atoms with Crippen LogP contribution in [0.1, 0.15) is 37.8 Å². The lowest BCUT2D eigenvalue weighted by molar-refractivity contribution is -0.138. The third kappa shape index (κ3) is 4.88. The molecule has 0 radical (unpaired) electrons. The molecule has 2 aliphatic heterocycles. The van der Waals surface area contributed by atoms with E-state index in [-0.39, 0.29) is 18.9 Å². The molecule has 1 unspecified atom stereocenters. The zero-order valence-corrected chi connectivity index (χ0v) is 18.8. The van der Waals surface area contributed by atoms with Gasteiger partial charge in [0.15, 0.2) is 5.17 Å². The average Bonchev–Trinajstić information content (AvgIpc) is 3.51. The Labute approximate surface area is 191 Å². The van der Waals surface area contributed by atoms with Crippen molar-refractivity contribution in [2.24, 2.45) is 10.9 Å². The van der Waals surface area contributed by atoms with Crippen molar-refractivity contribution in [3.8, 4) is 0 Å². The third-order valence-electron chi connectivity index (χ3n) is 5.37.